The molecule has 1 aliphatic rings. The molecule has 1 unspecified atom stereocenters. The lowest BCUT2D eigenvalue weighted by Crippen LogP contribution is -2.51. The number of methoxy groups -OCH3 is 1. The molecule has 0 spiro atoms. The van der Waals surface area contributed by atoms with E-state index < -0.39 is 0 Å². The molecular formula is C16H32N2O. The Hall–Kier alpha value is -0.380. The van der Waals surface area contributed by atoms with Gasteiger partial charge >= 0.3 is 0 Å². The van der Waals surface area contributed by atoms with Gasteiger partial charge in [-0.2, -0.15) is 0 Å². The number of hydrogen-bond donors (Lipinski definition) is 1. The van der Waals surface area contributed by atoms with E-state index in [1.807, 2.05) is 0 Å². The van der Waals surface area contributed by atoms with E-state index in [0.29, 0.717) is 12.0 Å². The second-order valence-electron chi connectivity index (χ2n) is 6.98. The fourth-order valence-electron chi connectivity index (χ4n) is 2.54. The molecule has 1 heterocycles. The zero-order valence-corrected chi connectivity index (χ0v) is 13.6. The number of rotatable bonds is 6. The monoisotopic (exact) mass is 268 g/mol. The first-order chi connectivity index (χ1) is 8.83. The van der Waals surface area contributed by atoms with Gasteiger partial charge in [-0.05, 0) is 38.7 Å². The predicted octanol–water partition coefficient (Wildman–Crippen LogP) is 2.68. The van der Waals surface area contributed by atoms with Crippen molar-refractivity contribution in [2.45, 2.75) is 52.6 Å². The second-order valence-corrected chi connectivity index (χ2v) is 6.98. The molecule has 0 saturated heterocycles. The summed E-state index contributed by atoms with van der Waals surface area (Å²) in [6.45, 7) is 15.4. The molecule has 0 saturated carbocycles. The third-order valence-corrected chi connectivity index (χ3v) is 3.74. The van der Waals surface area contributed by atoms with Crippen LogP contribution in [0.3, 0.4) is 0 Å². The highest BCUT2D eigenvalue weighted by Crippen LogP contribution is 2.18. The first kappa shape index (κ1) is 16.7. The van der Waals surface area contributed by atoms with Crippen LogP contribution in [0.1, 0.15) is 41.0 Å². The fourth-order valence-corrected chi connectivity index (χ4v) is 2.54. The average Bonchev–Trinajstić information content (AvgIpc) is 2.30. The summed E-state index contributed by atoms with van der Waals surface area (Å²) in [6.07, 6.45) is 3.49. The van der Waals surface area contributed by atoms with E-state index in [-0.39, 0.29) is 5.54 Å². The minimum atomic E-state index is 0.194. The maximum Gasteiger partial charge on any atom is 0.0673 e. The summed E-state index contributed by atoms with van der Waals surface area (Å²) in [7, 11) is 1.78. The lowest BCUT2D eigenvalue weighted by molar-refractivity contribution is 0.147. The molecule has 0 amide bonds. The molecule has 1 aliphatic heterocycles. The number of hydrogen-bond acceptors (Lipinski definition) is 3. The third kappa shape index (κ3) is 6.07. The molecule has 1 rings (SSSR count). The molecule has 19 heavy (non-hydrogen) atoms. The molecule has 3 nitrogen and oxygen atoms in total. The molecule has 112 valence electrons. The van der Waals surface area contributed by atoms with Crippen LogP contribution in [0.5, 0.6) is 0 Å². The molecule has 0 aromatic rings. The zero-order valence-electron chi connectivity index (χ0n) is 13.6. The van der Waals surface area contributed by atoms with E-state index in [2.05, 4.69) is 50.9 Å². The molecule has 3 heteroatoms. The Kier molecular flexibility index (Phi) is 6.51. The van der Waals surface area contributed by atoms with Gasteiger partial charge in [0.05, 0.1) is 6.61 Å². The SMILES string of the molecule is COCC1=CCN(C(CNC(C)(C)C)C(C)C)CC1. The van der Waals surface area contributed by atoms with Crippen LogP contribution >= 0.6 is 0 Å². The Morgan fingerprint density at radius 3 is 2.47 bits per heavy atom. The minimum absolute atomic E-state index is 0.194. The molecule has 0 aliphatic carbocycles. The van der Waals surface area contributed by atoms with Gasteiger partial charge in [0.2, 0.25) is 0 Å². The van der Waals surface area contributed by atoms with Crippen molar-refractivity contribution in [1.29, 1.82) is 0 Å². The van der Waals surface area contributed by atoms with E-state index in [1.54, 1.807) is 7.11 Å². The van der Waals surface area contributed by atoms with Crippen molar-refractivity contribution in [3.63, 3.8) is 0 Å². The molecule has 0 radical (unpaired) electrons. The predicted molar refractivity (Wildman–Crippen MR) is 82.5 cm³/mol. The highest BCUT2D eigenvalue weighted by molar-refractivity contribution is 5.08. The largest absolute Gasteiger partial charge is 0.380 e. The van der Waals surface area contributed by atoms with Gasteiger partial charge < -0.3 is 10.1 Å². The maximum absolute atomic E-state index is 5.22. The van der Waals surface area contributed by atoms with E-state index in [1.165, 1.54) is 5.57 Å². The first-order valence-electron chi connectivity index (χ1n) is 7.49. The van der Waals surface area contributed by atoms with Crippen molar-refractivity contribution in [2.75, 3.05) is 33.4 Å². The molecule has 0 aromatic heterocycles. The topological polar surface area (TPSA) is 24.5 Å². The standard InChI is InChI=1S/C16H32N2O/c1-13(2)15(11-17-16(3,4)5)18-9-7-14(8-10-18)12-19-6/h7,13,15,17H,8-12H2,1-6H3. The van der Waals surface area contributed by atoms with E-state index in [9.17, 15) is 0 Å². The van der Waals surface area contributed by atoms with Gasteiger partial charge in [-0.3, -0.25) is 4.90 Å². The summed E-state index contributed by atoms with van der Waals surface area (Å²) >= 11 is 0. The molecule has 1 N–H and O–H groups in total. The maximum atomic E-state index is 5.22. The second kappa shape index (κ2) is 7.41. The van der Waals surface area contributed by atoms with Gasteiger partial charge in [0, 0.05) is 38.3 Å². The first-order valence-corrected chi connectivity index (χ1v) is 7.49. The van der Waals surface area contributed by atoms with Crippen LogP contribution in [0, 0.1) is 5.92 Å². The van der Waals surface area contributed by atoms with Crippen LogP contribution in [-0.4, -0.2) is 49.8 Å². The smallest absolute Gasteiger partial charge is 0.0673 e. The van der Waals surface area contributed by atoms with Crippen LogP contribution in [0.4, 0.5) is 0 Å². The van der Waals surface area contributed by atoms with Gasteiger partial charge in [-0.15, -0.1) is 0 Å². The normalized spacial score (nSPS) is 19.6. The van der Waals surface area contributed by atoms with Crippen molar-refractivity contribution < 1.29 is 4.74 Å². The Morgan fingerprint density at radius 2 is 2.05 bits per heavy atom. The third-order valence-electron chi connectivity index (χ3n) is 3.74. The molecule has 0 fully saturated rings. The summed E-state index contributed by atoms with van der Waals surface area (Å²) < 4.78 is 5.22. The minimum Gasteiger partial charge on any atom is -0.380 e. The summed E-state index contributed by atoms with van der Waals surface area (Å²) in [5, 5.41) is 3.65. The average molecular weight is 268 g/mol. The van der Waals surface area contributed by atoms with Gasteiger partial charge in [0.1, 0.15) is 0 Å². The Balaban J connectivity index is 2.54. The quantitative estimate of drug-likeness (QED) is 0.750. The van der Waals surface area contributed by atoms with E-state index in [4.69, 9.17) is 4.74 Å². The van der Waals surface area contributed by atoms with Gasteiger partial charge in [0.25, 0.3) is 0 Å². The van der Waals surface area contributed by atoms with Crippen molar-refractivity contribution in [2.24, 2.45) is 5.92 Å². The van der Waals surface area contributed by atoms with Gasteiger partial charge in [0.15, 0.2) is 0 Å². The van der Waals surface area contributed by atoms with Crippen molar-refractivity contribution in [3.8, 4) is 0 Å². The van der Waals surface area contributed by atoms with Crippen molar-refractivity contribution in [3.05, 3.63) is 11.6 Å². The van der Waals surface area contributed by atoms with Crippen LogP contribution in [0.15, 0.2) is 11.6 Å². The Labute approximate surface area is 119 Å². The zero-order chi connectivity index (χ0) is 14.5. The Morgan fingerprint density at radius 1 is 1.37 bits per heavy atom. The fraction of sp³-hybridized carbons (Fsp3) is 0.875. The molecule has 0 bridgehead atoms. The van der Waals surface area contributed by atoms with Crippen LogP contribution in [-0.2, 0) is 4.74 Å². The lowest BCUT2D eigenvalue weighted by Gasteiger charge is -2.38. The number of nitrogens with one attached hydrogen (secondary N) is 1. The van der Waals surface area contributed by atoms with Gasteiger partial charge in [-0.25, -0.2) is 0 Å². The molecule has 1 atom stereocenters. The van der Waals surface area contributed by atoms with Crippen LogP contribution < -0.4 is 5.32 Å². The van der Waals surface area contributed by atoms with E-state index in [0.717, 1.165) is 32.7 Å². The summed E-state index contributed by atoms with van der Waals surface area (Å²) in [5.41, 5.74) is 1.64. The highest BCUT2D eigenvalue weighted by Gasteiger charge is 2.24. The van der Waals surface area contributed by atoms with Gasteiger partial charge in [-0.1, -0.05) is 19.9 Å². The summed E-state index contributed by atoms with van der Waals surface area (Å²) in [6, 6.07) is 0.611. The summed E-state index contributed by atoms with van der Waals surface area (Å²) in [5.74, 6) is 0.673. The van der Waals surface area contributed by atoms with E-state index >= 15 is 0 Å². The van der Waals surface area contributed by atoms with Crippen molar-refractivity contribution in [1.82, 2.24) is 10.2 Å². The molecule has 0 aromatic carbocycles. The summed E-state index contributed by atoms with van der Waals surface area (Å²) in [4.78, 5) is 2.60. The van der Waals surface area contributed by atoms with Crippen LogP contribution in [0.2, 0.25) is 0 Å². The highest BCUT2D eigenvalue weighted by atomic mass is 16.5. The number of nitrogens with zero attached hydrogens (tertiary/aromatic N) is 1. The van der Waals surface area contributed by atoms with Crippen molar-refractivity contribution >= 4 is 0 Å². The number of ether oxygens (including phenoxy) is 1. The Bertz CT molecular complexity index is 292. The molecular weight excluding hydrogens is 236 g/mol. The van der Waals surface area contributed by atoms with Crippen LogP contribution in [0.25, 0.3) is 0 Å². The lowest BCUT2D eigenvalue weighted by atomic mass is 9.98.